The van der Waals surface area contributed by atoms with Crippen molar-refractivity contribution < 1.29 is 4.74 Å². The average Bonchev–Trinajstić information content (AvgIpc) is 2.42. The number of benzene rings is 2. The minimum Gasteiger partial charge on any atom is -0.493 e. The van der Waals surface area contributed by atoms with Crippen molar-refractivity contribution in [1.29, 1.82) is 0 Å². The smallest absolute Gasteiger partial charge is 0.125 e. The molecule has 0 saturated carbocycles. The molecule has 0 heterocycles. The molecule has 0 aliphatic heterocycles. The van der Waals surface area contributed by atoms with Crippen LogP contribution in [0.3, 0.4) is 0 Å². The number of aryl methyl sites for hydroxylation is 4. The summed E-state index contributed by atoms with van der Waals surface area (Å²) >= 11 is 0. The van der Waals surface area contributed by atoms with Gasteiger partial charge in [-0.1, -0.05) is 42.5 Å². The van der Waals surface area contributed by atoms with Crippen molar-refractivity contribution in [2.75, 3.05) is 6.61 Å². The zero-order chi connectivity index (χ0) is 13.7. The fraction of sp³-hybridized carbons (Fsp3) is 0.333. The molecule has 19 heavy (non-hydrogen) atoms. The molecule has 0 unspecified atom stereocenters. The van der Waals surface area contributed by atoms with Gasteiger partial charge in [0.2, 0.25) is 0 Å². The Hall–Kier alpha value is -1.76. The summed E-state index contributed by atoms with van der Waals surface area (Å²) in [6.07, 6.45) is 2.17. The van der Waals surface area contributed by atoms with E-state index in [0.29, 0.717) is 0 Å². The van der Waals surface area contributed by atoms with E-state index in [-0.39, 0.29) is 0 Å². The topological polar surface area (TPSA) is 9.23 Å². The highest BCUT2D eigenvalue weighted by Gasteiger charge is 2.06. The lowest BCUT2D eigenvalue weighted by Gasteiger charge is -2.13. The second-order valence-corrected chi connectivity index (χ2v) is 4.98. The van der Waals surface area contributed by atoms with Crippen molar-refractivity contribution in [2.24, 2.45) is 0 Å². The van der Waals surface area contributed by atoms with Gasteiger partial charge >= 0.3 is 0 Å². The molecule has 0 spiro atoms. The third kappa shape index (κ3) is 3.60. The molecule has 1 heteroatoms. The molecule has 2 aromatic rings. The Morgan fingerprint density at radius 1 is 0.842 bits per heavy atom. The van der Waals surface area contributed by atoms with Crippen LogP contribution in [0.15, 0.2) is 42.5 Å². The van der Waals surface area contributed by atoms with Crippen LogP contribution in [-0.2, 0) is 12.8 Å². The maximum Gasteiger partial charge on any atom is 0.125 e. The average molecular weight is 254 g/mol. The summed E-state index contributed by atoms with van der Waals surface area (Å²) in [7, 11) is 0. The maximum atomic E-state index is 5.69. The van der Waals surface area contributed by atoms with Crippen molar-refractivity contribution in [3.05, 3.63) is 64.7 Å². The van der Waals surface area contributed by atoms with Crippen LogP contribution < -0.4 is 4.74 Å². The lowest BCUT2D eigenvalue weighted by atomic mass is 10.00. The van der Waals surface area contributed by atoms with Crippen LogP contribution in [0.2, 0.25) is 0 Å². The number of rotatable bonds is 5. The highest BCUT2D eigenvalue weighted by Crippen LogP contribution is 2.25. The zero-order valence-corrected chi connectivity index (χ0v) is 12.1. The first kappa shape index (κ1) is 13.7. The summed E-state index contributed by atoms with van der Waals surface area (Å²) in [5.41, 5.74) is 5.27. The number of ether oxygens (including phenoxy) is 1. The van der Waals surface area contributed by atoms with Gasteiger partial charge in [-0.25, -0.2) is 0 Å². The van der Waals surface area contributed by atoms with Crippen molar-refractivity contribution in [1.82, 2.24) is 0 Å². The molecule has 100 valence electrons. The highest BCUT2D eigenvalue weighted by atomic mass is 16.5. The SMILES string of the molecule is CCOc1c(C)cc(CCc2ccccc2)cc1C. The van der Waals surface area contributed by atoms with E-state index in [0.717, 1.165) is 25.2 Å². The van der Waals surface area contributed by atoms with Crippen LogP contribution in [0, 0.1) is 13.8 Å². The Labute approximate surface area is 116 Å². The van der Waals surface area contributed by atoms with E-state index in [4.69, 9.17) is 4.74 Å². The summed E-state index contributed by atoms with van der Waals surface area (Å²) in [4.78, 5) is 0. The number of hydrogen-bond acceptors (Lipinski definition) is 1. The first-order valence-corrected chi connectivity index (χ1v) is 6.97. The Bertz CT molecular complexity index is 506. The fourth-order valence-corrected chi connectivity index (χ4v) is 2.49. The molecule has 2 rings (SSSR count). The third-order valence-corrected chi connectivity index (χ3v) is 3.35. The molecule has 0 aliphatic rings. The second-order valence-electron chi connectivity index (χ2n) is 4.98. The Morgan fingerprint density at radius 3 is 2.00 bits per heavy atom. The molecular formula is C18H22O. The molecule has 0 radical (unpaired) electrons. The lowest BCUT2D eigenvalue weighted by Crippen LogP contribution is -1.99. The van der Waals surface area contributed by atoms with E-state index in [1.165, 1.54) is 22.3 Å². The quantitative estimate of drug-likeness (QED) is 0.764. The molecule has 1 nitrogen and oxygen atoms in total. The van der Waals surface area contributed by atoms with Gasteiger partial charge in [0.05, 0.1) is 6.61 Å². The lowest BCUT2D eigenvalue weighted by molar-refractivity contribution is 0.335. The molecule has 0 N–H and O–H groups in total. The van der Waals surface area contributed by atoms with Gasteiger partial charge in [0.15, 0.2) is 0 Å². The summed E-state index contributed by atoms with van der Waals surface area (Å²) in [6.45, 7) is 7.02. The molecule has 0 bridgehead atoms. The van der Waals surface area contributed by atoms with E-state index in [1.54, 1.807) is 0 Å². The van der Waals surface area contributed by atoms with Crippen LogP contribution in [0.25, 0.3) is 0 Å². The molecular weight excluding hydrogens is 232 g/mol. The molecule has 0 fully saturated rings. The van der Waals surface area contributed by atoms with Crippen LogP contribution in [0.5, 0.6) is 5.75 Å². The fourth-order valence-electron chi connectivity index (χ4n) is 2.49. The third-order valence-electron chi connectivity index (χ3n) is 3.35. The molecule has 2 aromatic carbocycles. The van der Waals surface area contributed by atoms with Gasteiger partial charge in [-0.3, -0.25) is 0 Å². The summed E-state index contributed by atoms with van der Waals surface area (Å²) in [5.74, 6) is 1.05. The largest absolute Gasteiger partial charge is 0.493 e. The van der Waals surface area contributed by atoms with Crippen LogP contribution in [0.4, 0.5) is 0 Å². The Morgan fingerprint density at radius 2 is 1.42 bits per heavy atom. The molecule has 0 atom stereocenters. The van der Waals surface area contributed by atoms with E-state index in [2.05, 4.69) is 56.3 Å². The minimum absolute atomic E-state index is 0.727. The van der Waals surface area contributed by atoms with Gasteiger partial charge in [-0.15, -0.1) is 0 Å². The predicted molar refractivity (Wildman–Crippen MR) is 80.9 cm³/mol. The highest BCUT2D eigenvalue weighted by molar-refractivity contribution is 5.43. The van der Waals surface area contributed by atoms with E-state index in [1.807, 2.05) is 6.92 Å². The van der Waals surface area contributed by atoms with Crippen molar-refractivity contribution >= 4 is 0 Å². The van der Waals surface area contributed by atoms with Crippen molar-refractivity contribution in [3.8, 4) is 5.75 Å². The summed E-state index contributed by atoms with van der Waals surface area (Å²) in [5, 5.41) is 0. The summed E-state index contributed by atoms with van der Waals surface area (Å²) in [6, 6.07) is 15.1. The van der Waals surface area contributed by atoms with Gasteiger partial charge < -0.3 is 4.74 Å². The molecule has 0 amide bonds. The first-order valence-electron chi connectivity index (χ1n) is 6.97. The van der Waals surface area contributed by atoms with Gasteiger partial charge in [0.25, 0.3) is 0 Å². The summed E-state index contributed by atoms with van der Waals surface area (Å²) < 4.78 is 5.69. The molecule has 0 aliphatic carbocycles. The van der Waals surface area contributed by atoms with Crippen LogP contribution in [-0.4, -0.2) is 6.61 Å². The predicted octanol–water partition coefficient (Wildman–Crippen LogP) is 4.49. The van der Waals surface area contributed by atoms with E-state index >= 15 is 0 Å². The van der Waals surface area contributed by atoms with Gasteiger partial charge in [-0.05, 0) is 55.9 Å². The van der Waals surface area contributed by atoms with Gasteiger partial charge in [-0.2, -0.15) is 0 Å². The normalized spacial score (nSPS) is 10.5. The molecule has 0 aromatic heterocycles. The van der Waals surface area contributed by atoms with Crippen molar-refractivity contribution in [3.63, 3.8) is 0 Å². The Kier molecular flexibility index (Phi) is 4.62. The monoisotopic (exact) mass is 254 g/mol. The zero-order valence-electron chi connectivity index (χ0n) is 12.1. The second kappa shape index (κ2) is 6.42. The van der Waals surface area contributed by atoms with Gasteiger partial charge in [0, 0.05) is 0 Å². The first-order chi connectivity index (χ1) is 9.20. The van der Waals surface area contributed by atoms with Crippen LogP contribution >= 0.6 is 0 Å². The number of hydrogen-bond donors (Lipinski definition) is 0. The van der Waals surface area contributed by atoms with E-state index in [9.17, 15) is 0 Å². The standard InChI is InChI=1S/C18H22O/c1-4-19-18-14(2)12-17(13-15(18)3)11-10-16-8-6-5-7-9-16/h5-9,12-13H,4,10-11H2,1-3H3. The van der Waals surface area contributed by atoms with Crippen LogP contribution in [0.1, 0.15) is 29.2 Å². The van der Waals surface area contributed by atoms with Crippen molar-refractivity contribution in [2.45, 2.75) is 33.6 Å². The Balaban J connectivity index is 2.09. The van der Waals surface area contributed by atoms with E-state index < -0.39 is 0 Å². The maximum absolute atomic E-state index is 5.69. The molecule has 0 saturated heterocycles. The minimum atomic E-state index is 0.727. The van der Waals surface area contributed by atoms with Gasteiger partial charge in [0.1, 0.15) is 5.75 Å².